The lowest BCUT2D eigenvalue weighted by atomic mass is 10.1. The second-order valence-electron chi connectivity index (χ2n) is 3.24. The maximum Gasteiger partial charge on any atom is 0.0974 e. The highest BCUT2D eigenvalue weighted by Gasteiger charge is 2.17. The van der Waals surface area contributed by atoms with E-state index in [0.29, 0.717) is 0 Å². The molecule has 1 N–H and O–H groups in total. The van der Waals surface area contributed by atoms with Crippen molar-refractivity contribution in [2.24, 2.45) is 7.05 Å². The van der Waals surface area contributed by atoms with Crippen molar-refractivity contribution in [3.8, 4) is 0 Å². The van der Waals surface area contributed by atoms with Crippen LogP contribution in [-0.4, -0.2) is 25.1 Å². The first-order valence-electron chi connectivity index (χ1n) is 4.81. The van der Waals surface area contributed by atoms with E-state index < -0.39 is 0 Å². The molecule has 0 aliphatic heterocycles. The molecule has 0 bridgehead atoms. The number of nitrogens with one attached hydrogen (secondary N) is 1. The van der Waals surface area contributed by atoms with Crippen molar-refractivity contribution in [3.63, 3.8) is 0 Å². The number of nitrogens with zero attached hydrogens (tertiary/aromatic N) is 4. The van der Waals surface area contributed by atoms with Gasteiger partial charge >= 0.3 is 0 Å². The summed E-state index contributed by atoms with van der Waals surface area (Å²) in [6.07, 6.45) is 3.71. The minimum Gasteiger partial charge on any atom is -0.304 e. The molecule has 0 saturated carbocycles. The molecule has 0 aliphatic carbocycles. The number of rotatable bonds is 4. The molecule has 6 heteroatoms. The molecule has 2 aromatic heterocycles. The van der Waals surface area contributed by atoms with E-state index in [1.54, 1.807) is 10.9 Å². The first-order chi connectivity index (χ1) is 7.31. The molecule has 15 heavy (non-hydrogen) atoms. The van der Waals surface area contributed by atoms with Crippen LogP contribution in [0.2, 0.25) is 0 Å². The van der Waals surface area contributed by atoms with Gasteiger partial charge in [0.25, 0.3) is 0 Å². The molecule has 0 spiro atoms. The summed E-state index contributed by atoms with van der Waals surface area (Å²) in [4.78, 5) is 0. The second kappa shape index (κ2) is 4.50. The van der Waals surface area contributed by atoms with Crippen LogP contribution in [0.5, 0.6) is 0 Å². The molecule has 0 aliphatic rings. The maximum absolute atomic E-state index is 4.38. The van der Waals surface area contributed by atoms with Gasteiger partial charge in [-0.25, -0.2) is 0 Å². The highest BCUT2D eigenvalue weighted by atomic mass is 32.1. The van der Waals surface area contributed by atoms with Crippen molar-refractivity contribution in [2.45, 2.75) is 13.0 Å². The standard InChI is InChI=1S/C9H13N5S/c1-3-10-9(8-6-11-15-13-8)7-4-5-14(2)12-7/h4-6,9-10H,3H2,1-2H3. The van der Waals surface area contributed by atoms with Gasteiger partial charge in [0.1, 0.15) is 0 Å². The van der Waals surface area contributed by atoms with E-state index in [1.165, 1.54) is 11.7 Å². The molecule has 5 nitrogen and oxygen atoms in total. The molecule has 1 unspecified atom stereocenters. The SMILES string of the molecule is CCNC(c1cnsn1)c1ccn(C)n1. The molecule has 2 aromatic rings. The van der Waals surface area contributed by atoms with Gasteiger partial charge in [0.2, 0.25) is 0 Å². The van der Waals surface area contributed by atoms with Crippen LogP contribution in [0.3, 0.4) is 0 Å². The van der Waals surface area contributed by atoms with Crippen LogP contribution in [0.25, 0.3) is 0 Å². The summed E-state index contributed by atoms with van der Waals surface area (Å²) in [6.45, 7) is 2.94. The molecule has 2 rings (SSSR count). The third-order valence-corrected chi connectivity index (χ3v) is 2.60. The first-order valence-corrected chi connectivity index (χ1v) is 5.54. The molecule has 1 atom stereocenters. The summed E-state index contributed by atoms with van der Waals surface area (Å²) in [5, 5.41) is 7.72. The minimum atomic E-state index is 0.0509. The van der Waals surface area contributed by atoms with Crippen molar-refractivity contribution in [1.29, 1.82) is 0 Å². The van der Waals surface area contributed by atoms with Crippen molar-refractivity contribution >= 4 is 11.7 Å². The molecular formula is C9H13N5S. The monoisotopic (exact) mass is 223 g/mol. The van der Waals surface area contributed by atoms with Gasteiger partial charge < -0.3 is 5.32 Å². The average Bonchev–Trinajstić information content (AvgIpc) is 2.85. The van der Waals surface area contributed by atoms with Crippen LogP contribution >= 0.6 is 11.7 Å². The van der Waals surface area contributed by atoms with Gasteiger partial charge in [-0.3, -0.25) is 4.68 Å². The van der Waals surface area contributed by atoms with Gasteiger partial charge in [-0.05, 0) is 12.6 Å². The zero-order valence-corrected chi connectivity index (χ0v) is 9.53. The molecule has 0 radical (unpaired) electrons. The van der Waals surface area contributed by atoms with Gasteiger partial charge in [0, 0.05) is 13.2 Å². The van der Waals surface area contributed by atoms with Crippen molar-refractivity contribution in [1.82, 2.24) is 23.8 Å². The van der Waals surface area contributed by atoms with Gasteiger partial charge in [-0.15, -0.1) is 0 Å². The van der Waals surface area contributed by atoms with Gasteiger partial charge in [-0.1, -0.05) is 6.92 Å². The topological polar surface area (TPSA) is 55.6 Å². The van der Waals surface area contributed by atoms with Crippen molar-refractivity contribution in [3.05, 3.63) is 29.8 Å². The third kappa shape index (κ3) is 2.21. The normalized spacial score (nSPS) is 12.9. The zero-order chi connectivity index (χ0) is 10.7. The van der Waals surface area contributed by atoms with E-state index in [4.69, 9.17) is 0 Å². The minimum absolute atomic E-state index is 0.0509. The Hall–Kier alpha value is -1.27. The Morgan fingerprint density at radius 1 is 1.53 bits per heavy atom. The lowest BCUT2D eigenvalue weighted by Gasteiger charge is -2.11. The zero-order valence-electron chi connectivity index (χ0n) is 8.71. The number of aryl methyl sites for hydroxylation is 1. The Morgan fingerprint density at radius 2 is 2.40 bits per heavy atom. The Labute approximate surface area is 92.5 Å². The lowest BCUT2D eigenvalue weighted by Crippen LogP contribution is -2.22. The van der Waals surface area contributed by atoms with Crippen LogP contribution in [0, 0.1) is 0 Å². The van der Waals surface area contributed by atoms with Crippen LogP contribution in [-0.2, 0) is 7.05 Å². The highest BCUT2D eigenvalue weighted by Crippen LogP contribution is 2.18. The van der Waals surface area contributed by atoms with E-state index in [0.717, 1.165) is 17.9 Å². The predicted octanol–water partition coefficient (Wildman–Crippen LogP) is 0.970. The number of hydrogen-bond acceptors (Lipinski definition) is 5. The molecule has 0 fully saturated rings. The maximum atomic E-state index is 4.38. The van der Waals surface area contributed by atoms with E-state index in [9.17, 15) is 0 Å². The van der Waals surface area contributed by atoms with Crippen LogP contribution < -0.4 is 5.32 Å². The Morgan fingerprint density at radius 3 is 2.93 bits per heavy atom. The molecule has 0 amide bonds. The second-order valence-corrected chi connectivity index (χ2v) is 3.79. The average molecular weight is 223 g/mol. The molecule has 0 saturated heterocycles. The Bertz CT molecular complexity index is 408. The fraction of sp³-hybridized carbons (Fsp3) is 0.444. The predicted molar refractivity (Wildman–Crippen MR) is 58.6 cm³/mol. The largest absolute Gasteiger partial charge is 0.304 e. The molecular weight excluding hydrogens is 210 g/mol. The summed E-state index contributed by atoms with van der Waals surface area (Å²) in [5.74, 6) is 0. The highest BCUT2D eigenvalue weighted by molar-refractivity contribution is 6.99. The molecule has 2 heterocycles. The van der Waals surface area contributed by atoms with Crippen LogP contribution in [0.15, 0.2) is 18.5 Å². The molecule has 0 aromatic carbocycles. The summed E-state index contributed by atoms with van der Waals surface area (Å²) in [7, 11) is 1.91. The summed E-state index contributed by atoms with van der Waals surface area (Å²) in [6, 6.07) is 2.04. The fourth-order valence-electron chi connectivity index (χ4n) is 1.45. The van der Waals surface area contributed by atoms with Crippen molar-refractivity contribution < 1.29 is 0 Å². The number of aromatic nitrogens is 4. The Kier molecular flexibility index (Phi) is 3.08. The lowest BCUT2D eigenvalue weighted by molar-refractivity contribution is 0.591. The first kappa shape index (κ1) is 10.3. The quantitative estimate of drug-likeness (QED) is 0.839. The third-order valence-electron chi connectivity index (χ3n) is 2.11. The summed E-state index contributed by atoms with van der Waals surface area (Å²) >= 11 is 1.22. The van der Waals surface area contributed by atoms with E-state index in [2.05, 4.69) is 26.1 Å². The Balaban J connectivity index is 2.27. The van der Waals surface area contributed by atoms with Gasteiger partial charge in [-0.2, -0.15) is 13.8 Å². The van der Waals surface area contributed by atoms with Gasteiger partial charge in [0.05, 0.1) is 35.4 Å². The smallest absolute Gasteiger partial charge is 0.0974 e. The van der Waals surface area contributed by atoms with Crippen LogP contribution in [0.4, 0.5) is 0 Å². The fourth-order valence-corrected chi connectivity index (χ4v) is 1.90. The van der Waals surface area contributed by atoms with Crippen molar-refractivity contribution in [2.75, 3.05) is 6.54 Å². The van der Waals surface area contributed by atoms with E-state index >= 15 is 0 Å². The molecule has 80 valence electrons. The van der Waals surface area contributed by atoms with Crippen LogP contribution in [0.1, 0.15) is 24.4 Å². The number of hydrogen-bond donors (Lipinski definition) is 1. The van der Waals surface area contributed by atoms with E-state index in [-0.39, 0.29) is 6.04 Å². The van der Waals surface area contributed by atoms with Gasteiger partial charge in [0.15, 0.2) is 0 Å². The van der Waals surface area contributed by atoms with E-state index in [1.807, 2.05) is 19.3 Å². The summed E-state index contributed by atoms with van der Waals surface area (Å²) in [5.41, 5.74) is 1.91. The summed E-state index contributed by atoms with van der Waals surface area (Å²) < 4.78 is 10.0.